The molecule has 0 saturated heterocycles. The Labute approximate surface area is 194 Å². The molecule has 2 N–H and O–H groups in total. The molecule has 1 atom stereocenters. The van der Waals surface area contributed by atoms with Gasteiger partial charge in [0.05, 0.1) is 6.04 Å². The lowest BCUT2D eigenvalue weighted by Gasteiger charge is -2.18. The topological polar surface area (TPSA) is 67.1 Å². The Kier molecular flexibility index (Phi) is 9.93. The highest BCUT2D eigenvalue weighted by atomic mass is 127. The van der Waals surface area contributed by atoms with Gasteiger partial charge in [0.15, 0.2) is 17.6 Å². The Hall–Kier alpha value is -1.78. The quantitative estimate of drug-likeness (QED) is 0.244. The lowest BCUT2D eigenvalue weighted by Crippen LogP contribution is -2.38. The number of nitrogens with zero attached hydrogens (tertiary/aromatic N) is 4. The average Bonchev–Trinajstić information content (AvgIpc) is 2.93. The number of hydrogen-bond acceptors (Lipinski definition) is 3. The molecule has 1 aliphatic heterocycles. The summed E-state index contributed by atoms with van der Waals surface area (Å²) >= 11 is 0. The number of aryl methyl sites for hydroxylation is 2. The van der Waals surface area contributed by atoms with E-state index in [1.54, 1.807) is 6.07 Å². The van der Waals surface area contributed by atoms with Crippen molar-refractivity contribution >= 4 is 29.9 Å². The minimum absolute atomic E-state index is 0. The molecule has 2 aromatic rings. The molecule has 1 aromatic carbocycles. The number of halogens is 3. The molecule has 0 saturated carbocycles. The summed E-state index contributed by atoms with van der Waals surface area (Å²) in [5, 5.41) is 15.2. The maximum atomic E-state index is 13.5. The van der Waals surface area contributed by atoms with Crippen LogP contribution in [-0.4, -0.2) is 33.8 Å². The molecule has 0 fully saturated rings. The summed E-state index contributed by atoms with van der Waals surface area (Å²) in [6.07, 6.45) is 6.36. The van der Waals surface area contributed by atoms with Crippen LogP contribution in [0.2, 0.25) is 0 Å². The summed E-state index contributed by atoms with van der Waals surface area (Å²) in [6.45, 7) is 6.25. The highest BCUT2D eigenvalue weighted by molar-refractivity contribution is 14.0. The van der Waals surface area contributed by atoms with Crippen LogP contribution in [0.15, 0.2) is 23.2 Å². The highest BCUT2D eigenvalue weighted by Gasteiger charge is 2.14. The SMILES string of the molecule is CCNC(=NCCCc1nnc2n1CCCCC2)NC(C)c1ccc(F)c(F)c1.I. The molecule has 0 radical (unpaired) electrons. The van der Waals surface area contributed by atoms with Crippen molar-refractivity contribution in [1.29, 1.82) is 0 Å². The Bertz CT molecular complexity index is 839. The molecule has 30 heavy (non-hydrogen) atoms. The van der Waals surface area contributed by atoms with E-state index in [4.69, 9.17) is 0 Å². The van der Waals surface area contributed by atoms with Crippen LogP contribution in [0.1, 0.15) is 62.8 Å². The predicted molar refractivity (Wildman–Crippen MR) is 125 cm³/mol. The molecule has 1 unspecified atom stereocenters. The molecular formula is C21H31F2IN6. The fraction of sp³-hybridized carbons (Fsp3) is 0.571. The minimum atomic E-state index is -0.842. The van der Waals surface area contributed by atoms with Gasteiger partial charge < -0.3 is 15.2 Å². The van der Waals surface area contributed by atoms with Crippen LogP contribution in [0.3, 0.4) is 0 Å². The molecule has 166 valence electrons. The van der Waals surface area contributed by atoms with E-state index >= 15 is 0 Å². The number of aliphatic imine (C=N–C) groups is 1. The summed E-state index contributed by atoms with van der Waals surface area (Å²) in [5.41, 5.74) is 0.667. The van der Waals surface area contributed by atoms with Crippen molar-refractivity contribution in [2.24, 2.45) is 4.99 Å². The van der Waals surface area contributed by atoms with E-state index in [1.165, 1.54) is 25.3 Å². The molecule has 1 aromatic heterocycles. The van der Waals surface area contributed by atoms with Crippen molar-refractivity contribution in [3.8, 4) is 0 Å². The first kappa shape index (κ1) is 24.5. The van der Waals surface area contributed by atoms with E-state index in [1.807, 2.05) is 13.8 Å². The first-order valence-corrected chi connectivity index (χ1v) is 10.5. The molecule has 9 heteroatoms. The standard InChI is InChI=1S/C21H30F2N6.HI/c1-3-24-21(26-15(2)16-10-11-17(22)18(23)14-16)25-12-7-9-20-28-27-19-8-5-4-6-13-29(19)20;/h10-11,14-15H,3-9,12-13H2,1-2H3,(H2,24,25,26);1H. The molecule has 6 nitrogen and oxygen atoms in total. The lowest BCUT2D eigenvalue weighted by atomic mass is 10.1. The number of nitrogens with one attached hydrogen (secondary N) is 2. The first-order valence-electron chi connectivity index (χ1n) is 10.5. The molecule has 3 rings (SSSR count). The van der Waals surface area contributed by atoms with Gasteiger partial charge in [-0.15, -0.1) is 34.2 Å². The third-order valence-electron chi connectivity index (χ3n) is 5.16. The van der Waals surface area contributed by atoms with Gasteiger partial charge in [-0.1, -0.05) is 12.5 Å². The normalized spacial score (nSPS) is 15.0. The largest absolute Gasteiger partial charge is 0.357 e. The van der Waals surface area contributed by atoms with Crippen LogP contribution in [-0.2, 0) is 19.4 Å². The fourth-order valence-corrected chi connectivity index (χ4v) is 3.55. The predicted octanol–water partition coefficient (Wildman–Crippen LogP) is 4.15. The van der Waals surface area contributed by atoms with Gasteiger partial charge in [-0.05, 0) is 50.8 Å². The second kappa shape index (κ2) is 12.2. The third kappa shape index (κ3) is 6.61. The van der Waals surface area contributed by atoms with Gasteiger partial charge in [-0.25, -0.2) is 8.78 Å². The highest BCUT2D eigenvalue weighted by Crippen LogP contribution is 2.16. The van der Waals surface area contributed by atoms with E-state index in [0.717, 1.165) is 43.5 Å². The minimum Gasteiger partial charge on any atom is -0.357 e. The fourth-order valence-electron chi connectivity index (χ4n) is 3.55. The van der Waals surface area contributed by atoms with Gasteiger partial charge in [-0.2, -0.15) is 0 Å². The van der Waals surface area contributed by atoms with Crippen molar-refractivity contribution in [2.75, 3.05) is 13.1 Å². The second-order valence-electron chi connectivity index (χ2n) is 7.40. The number of hydrogen-bond donors (Lipinski definition) is 2. The average molecular weight is 532 g/mol. The Morgan fingerprint density at radius 3 is 2.80 bits per heavy atom. The van der Waals surface area contributed by atoms with Crippen LogP contribution >= 0.6 is 24.0 Å². The van der Waals surface area contributed by atoms with Crippen LogP contribution in [0.25, 0.3) is 0 Å². The number of guanidine groups is 1. The van der Waals surface area contributed by atoms with Gasteiger partial charge in [-0.3, -0.25) is 4.99 Å². The lowest BCUT2D eigenvalue weighted by molar-refractivity contribution is 0.504. The van der Waals surface area contributed by atoms with Crippen LogP contribution in [0.5, 0.6) is 0 Å². The van der Waals surface area contributed by atoms with E-state index in [0.29, 0.717) is 24.6 Å². The van der Waals surface area contributed by atoms with E-state index in [9.17, 15) is 8.78 Å². The smallest absolute Gasteiger partial charge is 0.191 e. The van der Waals surface area contributed by atoms with Gasteiger partial charge in [0, 0.05) is 32.5 Å². The molecule has 0 bridgehead atoms. The monoisotopic (exact) mass is 532 g/mol. The summed E-state index contributed by atoms with van der Waals surface area (Å²) < 4.78 is 28.9. The van der Waals surface area contributed by atoms with Crippen molar-refractivity contribution in [1.82, 2.24) is 25.4 Å². The van der Waals surface area contributed by atoms with Crippen molar-refractivity contribution in [2.45, 2.75) is 65.0 Å². The van der Waals surface area contributed by atoms with Crippen LogP contribution < -0.4 is 10.6 Å². The summed E-state index contributed by atoms with van der Waals surface area (Å²) in [5.74, 6) is 1.13. The van der Waals surface area contributed by atoms with Crippen LogP contribution in [0, 0.1) is 11.6 Å². The van der Waals surface area contributed by atoms with E-state index in [-0.39, 0.29) is 30.0 Å². The van der Waals surface area contributed by atoms with Gasteiger partial charge in [0.1, 0.15) is 11.6 Å². The third-order valence-corrected chi connectivity index (χ3v) is 5.16. The van der Waals surface area contributed by atoms with E-state index in [2.05, 4.69) is 30.4 Å². The zero-order chi connectivity index (χ0) is 20.6. The summed E-state index contributed by atoms with van der Waals surface area (Å²) in [6, 6.07) is 3.74. The van der Waals surface area contributed by atoms with Gasteiger partial charge in [0.2, 0.25) is 0 Å². The molecule has 2 heterocycles. The number of benzene rings is 1. The number of fused-ring (bicyclic) bond motifs is 1. The van der Waals surface area contributed by atoms with Gasteiger partial charge >= 0.3 is 0 Å². The maximum absolute atomic E-state index is 13.5. The Morgan fingerprint density at radius 1 is 1.20 bits per heavy atom. The van der Waals surface area contributed by atoms with Crippen molar-refractivity contribution < 1.29 is 8.78 Å². The summed E-state index contributed by atoms with van der Waals surface area (Å²) in [7, 11) is 0. The molecule has 1 aliphatic rings. The van der Waals surface area contributed by atoms with Crippen LogP contribution in [0.4, 0.5) is 8.78 Å². The molecular weight excluding hydrogens is 501 g/mol. The van der Waals surface area contributed by atoms with E-state index < -0.39 is 11.6 Å². The number of rotatable bonds is 7. The first-order chi connectivity index (χ1) is 14.1. The molecule has 0 aliphatic carbocycles. The zero-order valence-corrected chi connectivity index (χ0v) is 20.0. The molecule has 0 amide bonds. The molecule has 0 spiro atoms. The number of aromatic nitrogens is 3. The van der Waals surface area contributed by atoms with Crippen molar-refractivity contribution in [3.63, 3.8) is 0 Å². The second-order valence-corrected chi connectivity index (χ2v) is 7.40. The Balaban J connectivity index is 0.00000320. The van der Waals surface area contributed by atoms with Crippen molar-refractivity contribution in [3.05, 3.63) is 47.0 Å². The maximum Gasteiger partial charge on any atom is 0.191 e. The summed E-state index contributed by atoms with van der Waals surface area (Å²) in [4.78, 5) is 4.62. The van der Waals surface area contributed by atoms with Gasteiger partial charge in [0.25, 0.3) is 0 Å². The Morgan fingerprint density at radius 2 is 2.03 bits per heavy atom. The zero-order valence-electron chi connectivity index (χ0n) is 17.6.